The zero-order chi connectivity index (χ0) is 16.7. The van der Waals surface area contributed by atoms with E-state index in [9.17, 15) is 4.79 Å². The molecule has 5 heteroatoms. The maximum Gasteiger partial charge on any atom is 0.270 e. The molecule has 0 saturated carbocycles. The lowest BCUT2D eigenvalue weighted by Gasteiger charge is -2.12. The number of benzene rings is 1. The predicted octanol–water partition coefficient (Wildman–Crippen LogP) is 3.49. The van der Waals surface area contributed by atoms with Crippen LogP contribution in [-0.4, -0.2) is 28.5 Å². The van der Waals surface area contributed by atoms with Gasteiger partial charge in [0.05, 0.1) is 0 Å². The number of carbonyl (C=O) groups excluding carboxylic acids is 1. The number of aromatic nitrogens is 2. The highest BCUT2D eigenvalue weighted by Crippen LogP contribution is 2.18. The zero-order valence-electron chi connectivity index (χ0n) is 14.0. The molecule has 23 heavy (non-hydrogen) atoms. The fourth-order valence-corrected chi connectivity index (χ4v) is 2.12. The smallest absolute Gasteiger partial charge is 0.270 e. The highest BCUT2D eigenvalue weighted by Gasteiger charge is 2.13. The zero-order valence-corrected chi connectivity index (χ0v) is 14.0. The van der Waals surface area contributed by atoms with Crippen LogP contribution in [0.3, 0.4) is 0 Å². The van der Waals surface area contributed by atoms with Crippen molar-refractivity contribution < 1.29 is 4.79 Å². The standard InChI is InChI=1S/C18H24N4O/c1-4-5-11-19-18(23)15-12-16(20-13(2)3)22-17(21-15)14-9-7-6-8-10-14/h6-10,12-13H,4-5,11H2,1-3H3,(H,19,23)(H,20,21,22). The molecule has 0 aliphatic heterocycles. The van der Waals surface area contributed by atoms with E-state index in [0.717, 1.165) is 18.4 Å². The summed E-state index contributed by atoms with van der Waals surface area (Å²) >= 11 is 0. The summed E-state index contributed by atoms with van der Waals surface area (Å²) < 4.78 is 0. The second-order valence-corrected chi connectivity index (χ2v) is 5.74. The Balaban J connectivity index is 2.31. The van der Waals surface area contributed by atoms with Crippen LogP contribution in [0.1, 0.15) is 44.1 Å². The topological polar surface area (TPSA) is 66.9 Å². The molecule has 0 unspecified atom stereocenters. The molecule has 0 fully saturated rings. The first kappa shape index (κ1) is 16.9. The highest BCUT2D eigenvalue weighted by molar-refractivity contribution is 5.93. The molecule has 2 rings (SSSR count). The molecule has 0 spiro atoms. The lowest BCUT2D eigenvalue weighted by molar-refractivity contribution is 0.0948. The molecule has 0 radical (unpaired) electrons. The first-order valence-electron chi connectivity index (χ1n) is 8.09. The van der Waals surface area contributed by atoms with E-state index in [1.165, 1.54) is 0 Å². The van der Waals surface area contributed by atoms with Crippen molar-refractivity contribution in [2.75, 3.05) is 11.9 Å². The Morgan fingerprint density at radius 2 is 1.91 bits per heavy atom. The van der Waals surface area contributed by atoms with Gasteiger partial charge < -0.3 is 10.6 Å². The van der Waals surface area contributed by atoms with Crippen LogP contribution in [0.2, 0.25) is 0 Å². The Morgan fingerprint density at radius 1 is 1.17 bits per heavy atom. The van der Waals surface area contributed by atoms with Gasteiger partial charge in [0, 0.05) is 24.2 Å². The van der Waals surface area contributed by atoms with Crippen LogP contribution in [0.5, 0.6) is 0 Å². The van der Waals surface area contributed by atoms with Crippen LogP contribution >= 0.6 is 0 Å². The van der Waals surface area contributed by atoms with Crippen molar-refractivity contribution in [3.05, 3.63) is 42.1 Å². The van der Waals surface area contributed by atoms with Crippen molar-refractivity contribution in [3.63, 3.8) is 0 Å². The van der Waals surface area contributed by atoms with Crippen molar-refractivity contribution in [2.24, 2.45) is 0 Å². The number of unbranched alkanes of at least 4 members (excludes halogenated alkanes) is 1. The van der Waals surface area contributed by atoms with Gasteiger partial charge in [-0.2, -0.15) is 0 Å². The summed E-state index contributed by atoms with van der Waals surface area (Å²) in [5, 5.41) is 6.15. The molecule has 0 bridgehead atoms. The SMILES string of the molecule is CCCCNC(=O)c1cc(NC(C)C)nc(-c2ccccc2)n1. The van der Waals surface area contributed by atoms with Crippen molar-refractivity contribution in [2.45, 2.75) is 39.7 Å². The number of rotatable bonds is 7. The van der Waals surface area contributed by atoms with Crippen LogP contribution in [0.25, 0.3) is 11.4 Å². The molecule has 0 saturated heterocycles. The summed E-state index contributed by atoms with van der Waals surface area (Å²) in [6.07, 6.45) is 2.00. The molecular weight excluding hydrogens is 288 g/mol. The molecule has 2 aromatic rings. The third kappa shape index (κ3) is 5.06. The second-order valence-electron chi connectivity index (χ2n) is 5.74. The van der Waals surface area contributed by atoms with Crippen molar-refractivity contribution >= 4 is 11.7 Å². The summed E-state index contributed by atoms with van der Waals surface area (Å²) in [5.74, 6) is 1.05. The van der Waals surface area contributed by atoms with Gasteiger partial charge in [0.25, 0.3) is 5.91 Å². The van der Waals surface area contributed by atoms with Crippen molar-refractivity contribution in [1.82, 2.24) is 15.3 Å². The fraction of sp³-hybridized carbons (Fsp3) is 0.389. The quantitative estimate of drug-likeness (QED) is 0.768. The van der Waals surface area contributed by atoms with E-state index < -0.39 is 0 Å². The predicted molar refractivity (Wildman–Crippen MR) is 93.5 cm³/mol. The highest BCUT2D eigenvalue weighted by atomic mass is 16.1. The molecule has 0 aliphatic rings. The Morgan fingerprint density at radius 3 is 2.57 bits per heavy atom. The van der Waals surface area contributed by atoms with Gasteiger partial charge in [-0.15, -0.1) is 0 Å². The molecule has 2 N–H and O–H groups in total. The molecule has 1 amide bonds. The Bertz CT molecular complexity index is 641. The van der Waals surface area contributed by atoms with E-state index >= 15 is 0 Å². The van der Waals surface area contributed by atoms with Crippen LogP contribution < -0.4 is 10.6 Å². The van der Waals surface area contributed by atoms with E-state index in [-0.39, 0.29) is 11.9 Å². The van der Waals surface area contributed by atoms with E-state index in [1.54, 1.807) is 6.07 Å². The van der Waals surface area contributed by atoms with E-state index in [1.807, 2.05) is 44.2 Å². The minimum atomic E-state index is -0.162. The number of hydrogen-bond donors (Lipinski definition) is 2. The first-order chi connectivity index (χ1) is 11.1. The van der Waals surface area contributed by atoms with E-state index in [4.69, 9.17) is 0 Å². The molecule has 1 aromatic heterocycles. The molecule has 122 valence electrons. The molecule has 0 atom stereocenters. The van der Waals surface area contributed by atoms with Gasteiger partial charge in [-0.25, -0.2) is 9.97 Å². The number of anilines is 1. The maximum absolute atomic E-state index is 12.3. The summed E-state index contributed by atoms with van der Waals surface area (Å²) in [5.41, 5.74) is 1.28. The van der Waals surface area contributed by atoms with Gasteiger partial charge >= 0.3 is 0 Å². The van der Waals surface area contributed by atoms with E-state index in [2.05, 4.69) is 27.5 Å². The van der Waals surface area contributed by atoms with Gasteiger partial charge in [0.2, 0.25) is 0 Å². The number of nitrogens with one attached hydrogen (secondary N) is 2. The third-order valence-electron chi connectivity index (χ3n) is 3.24. The molecule has 5 nitrogen and oxygen atoms in total. The lowest BCUT2D eigenvalue weighted by Crippen LogP contribution is -2.26. The average molecular weight is 312 g/mol. The van der Waals surface area contributed by atoms with Gasteiger partial charge in [-0.1, -0.05) is 43.7 Å². The van der Waals surface area contributed by atoms with Crippen molar-refractivity contribution in [1.29, 1.82) is 0 Å². The monoisotopic (exact) mass is 312 g/mol. The van der Waals surface area contributed by atoms with Gasteiger partial charge in [0.1, 0.15) is 11.5 Å². The fourth-order valence-electron chi connectivity index (χ4n) is 2.12. The minimum Gasteiger partial charge on any atom is -0.368 e. The average Bonchev–Trinajstić information content (AvgIpc) is 2.55. The number of carbonyl (C=O) groups is 1. The van der Waals surface area contributed by atoms with Crippen LogP contribution in [0.4, 0.5) is 5.82 Å². The second kappa shape index (κ2) is 8.27. The normalized spacial score (nSPS) is 10.6. The van der Waals surface area contributed by atoms with Crippen LogP contribution in [0, 0.1) is 0 Å². The molecule has 1 aromatic carbocycles. The summed E-state index contributed by atoms with van der Waals surface area (Å²) in [4.78, 5) is 21.3. The molecular formula is C18H24N4O. The van der Waals surface area contributed by atoms with Gasteiger partial charge in [-0.05, 0) is 20.3 Å². The number of hydrogen-bond acceptors (Lipinski definition) is 4. The first-order valence-corrected chi connectivity index (χ1v) is 8.09. The Kier molecular flexibility index (Phi) is 6.09. The third-order valence-corrected chi connectivity index (χ3v) is 3.24. The minimum absolute atomic E-state index is 0.162. The Hall–Kier alpha value is -2.43. The van der Waals surface area contributed by atoms with E-state index in [0.29, 0.717) is 23.9 Å². The molecule has 1 heterocycles. The Labute approximate surface area is 137 Å². The number of nitrogens with zero attached hydrogens (tertiary/aromatic N) is 2. The summed E-state index contributed by atoms with van der Waals surface area (Å²) in [7, 11) is 0. The van der Waals surface area contributed by atoms with Crippen LogP contribution in [0.15, 0.2) is 36.4 Å². The maximum atomic E-state index is 12.3. The van der Waals surface area contributed by atoms with Gasteiger partial charge in [-0.3, -0.25) is 4.79 Å². The summed E-state index contributed by atoms with van der Waals surface area (Å²) in [6.45, 7) is 6.82. The number of amides is 1. The summed E-state index contributed by atoms with van der Waals surface area (Å²) in [6, 6.07) is 11.6. The largest absolute Gasteiger partial charge is 0.368 e. The lowest BCUT2D eigenvalue weighted by atomic mass is 10.2. The van der Waals surface area contributed by atoms with Crippen molar-refractivity contribution in [3.8, 4) is 11.4 Å². The van der Waals surface area contributed by atoms with Crippen LogP contribution in [-0.2, 0) is 0 Å². The molecule has 0 aliphatic carbocycles. The van der Waals surface area contributed by atoms with Gasteiger partial charge in [0.15, 0.2) is 5.82 Å².